The lowest BCUT2D eigenvalue weighted by atomic mass is 10.0. The highest BCUT2D eigenvalue weighted by atomic mass is 16.3. The molecule has 1 aliphatic heterocycles. The summed E-state index contributed by atoms with van der Waals surface area (Å²) in [5.74, 6) is 1.47. The minimum absolute atomic E-state index is 0.187. The Kier molecular flexibility index (Phi) is 3.01. The predicted octanol–water partition coefficient (Wildman–Crippen LogP) is 1.18. The summed E-state index contributed by atoms with van der Waals surface area (Å²) in [6, 6.07) is 2.12. The van der Waals surface area contributed by atoms with Gasteiger partial charge in [-0.2, -0.15) is 0 Å². The standard InChI is InChI=1S/C12H19N3O/c1-8-3-4-15(11(8)7-16)12-9(2)5-10(13)6-14-12/h5-6,8,11,16H,3-4,7,13H2,1-2H3. The maximum Gasteiger partial charge on any atom is 0.131 e. The van der Waals surface area contributed by atoms with Gasteiger partial charge in [0.15, 0.2) is 0 Å². The van der Waals surface area contributed by atoms with Crippen molar-refractivity contribution in [3.63, 3.8) is 0 Å². The molecule has 2 atom stereocenters. The minimum atomic E-state index is 0.187. The summed E-state index contributed by atoms with van der Waals surface area (Å²) in [5, 5.41) is 9.42. The van der Waals surface area contributed by atoms with E-state index in [1.54, 1.807) is 6.20 Å². The molecule has 3 N–H and O–H groups in total. The maximum atomic E-state index is 9.42. The number of pyridine rings is 1. The molecule has 0 aliphatic carbocycles. The van der Waals surface area contributed by atoms with Crippen molar-refractivity contribution in [2.75, 3.05) is 23.8 Å². The molecule has 4 heteroatoms. The van der Waals surface area contributed by atoms with Crippen molar-refractivity contribution in [1.29, 1.82) is 0 Å². The van der Waals surface area contributed by atoms with Gasteiger partial charge in [-0.15, -0.1) is 0 Å². The van der Waals surface area contributed by atoms with E-state index < -0.39 is 0 Å². The Morgan fingerprint density at radius 3 is 3.00 bits per heavy atom. The largest absolute Gasteiger partial charge is 0.397 e. The van der Waals surface area contributed by atoms with E-state index in [9.17, 15) is 5.11 Å². The normalized spacial score (nSPS) is 25.1. The zero-order valence-corrected chi connectivity index (χ0v) is 9.85. The number of nitrogens with two attached hydrogens (primary N) is 1. The molecule has 2 rings (SSSR count). The predicted molar refractivity (Wildman–Crippen MR) is 65.4 cm³/mol. The Hall–Kier alpha value is -1.29. The second kappa shape index (κ2) is 4.29. The maximum absolute atomic E-state index is 9.42. The third-order valence-corrected chi connectivity index (χ3v) is 3.41. The summed E-state index contributed by atoms with van der Waals surface area (Å²) < 4.78 is 0. The van der Waals surface area contributed by atoms with Crippen LogP contribution in [0.1, 0.15) is 18.9 Å². The van der Waals surface area contributed by atoms with Crippen molar-refractivity contribution in [1.82, 2.24) is 4.98 Å². The van der Waals surface area contributed by atoms with Crippen molar-refractivity contribution >= 4 is 11.5 Å². The minimum Gasteiger partial charge on any atom is -0.397 e. The van der Waals surface area contributed by atoms with Crippen molar-refractivity contribution in [2.45, 2.75) is 26.3 Å². The smallest absolute Gasteiger partial charge is 0.131 e. The van der Waals surface area contributed by atoms with Crippen molar-refractivity contribution in [3.05, 3.63) is 17.8 Å². The number of aryl methyl sites for hydroxylation is 1. The van der Waals surface area contributed by atoms with Crippen LogP contribution in [-0.4, -0.2) is 29.3 Å². The second-order valence-corrected chi connectivity index (χ2v) is 4.62. The van der Waals surface area contributed by atoms with E-state index in [-0.39, 0.29) is 12.6 Å². The molecule has 1 aromatic rings. The van der Waals surface area contributed by atoms with Gasteiger partial charge >= 0.3 is 0 Å². The summed E-state index contributed by atoms with van der Waals surface area (Å²) in [7, 11) is 0. The van der Waals surface area contributed by atoms with Gasteiger partial charge in [0.05, 0.1) is 24.5 Å². The van der Waals surface area contributed by atoms with Crippen LogP contribution >= 0.6 is 0 Å². The van der Waals surface area contributed by atoms with Crippen molar-refractivity contribution in [3.8, 4) is 0 Å². The van der Waals surface area contributed by atoms with E-state index in [2.05, 4.69) is 16.8 Å². The van der Waals surface area contributed by atoms with Gasteiger partial charge in [0, 0.05) is 6.54 Å². The van der Waals surface area contributed by atoms with E-state index in [0.717, 1.165) is 24.3 Å². The lowest BCUT2D eigenvalue weighted by Crippen LogP contribution is -2.36. The molecule has 0 radical (unpaired) electrons. The lowest BCUT2D eigenvalue weighted by molar-refractivity contribution is 0.244. The molecule has 1 saturated heterocycles. The molecular weight excluding hydrogens is 202 g/mol. The SMILES string of the molecule is Cc1cc(N)cnc1N1CCC(C)C1CO. The third kappa shape index (κ3) is 1.85. The van der Waals surface area contributed by atoms with Crippen LogP contribution < -0.4 is 10.6 Å². The van der Waals surface area contributed by atoms with Crippen LogP contribution in [0.25, 0.3) is 0 Å². The lowest BCUT2D eigenvalue weighted by Gasteiger charge is -2.27. The Balaban J connectivity index is 2.30. The average molecular weight is 221 g/mol. The van der Waals surface area contributed by atoms with Gasteiger partial charge in [-0.3, -0.25) is 0 Å². The van der Waals surface area contributed by atoms with Crippen molar-refractivity contribution < 1.29 is 5.11 Å². The molecule has 0 bridgehead atoms. The van der Waals surface area contributed by atoms with E-state index in [1.165, 1.54) is 0 Å². The van der Waals surface area contributed by atoms with Crippen LogP contribution in [0.2, 0.25) is 0 Å². The number of aliphatic hydroxyl groups excluding tert-OH is 1. The van der Waals surface area contributed by atoms with Gasteiger partial charge in [-0.1, -0.05) is 6.92 Å². The van der Waals surface area contributed by atoms with Crippen LogP contribution in [0, 0.1) is 12.8 Å². The number of nitrogen functional groups attached to an aromatic ring is 1. The highest BCUT2D eigenvalue weighted by Gasteiger charge is 2.31. The molecule has 88 valence electrons. The zero-order valence-electron chi connectivity index (χ0n) is 9.85. The Bertz CT molecular complexity index is 381. The van der Waals surface area contributed by atoms with Gasteiger partial charge in [0.25, 0.3) is 0 Å². The molecule has 1 fully saturated rings. The van der Waals surface area contributed by atoms with Crippen LogP contribution in [0.5, 0.6) is 0 Å². The van der Waals surface area contributed by atoms with Gasteiger partial charge in [0.1, 0.15) is 5.82 Å². The fourth-order valence-corrected chi connectivity index (χ4v) is 2.44. The summed E-state index contributed by atoms with van der Waals surface area (Å²) in [6.07, 6.45) is 2.79. The molecule has 2 heterocycles. The number of hydrogen-bond donors (Lipinski definition) is 2. The van der Waals surface area contributed by atoms with E-state index >= 15 is 0 Å². The highest BCUT2D eigenvalue weighted by Crippen LogP contribution is 2.30. The molecule has 0 amide bonds. The molecule has 1 aromatic heterocycles. The van der Waals surface area contributed by atoms with Crippen LogP contribution in [0.3, 0.4) is 0 Å². The second-order valence-electron chi connectivity index (χ2n) is 4.62. The molecule has 16 heavy (non-hydrogen) atoms. The monoisotopic (exact) mass is 221 g/mol. The number of rotatable bonds is 2. The highest BCUT2D eigenvalue weighted by molar-refractivity contribution is 5.54. The van der Waals surface area contributed by atoms with E-state index in [1.807, 2.05) is 13.0 Å². The first kappa shape index (κ1) is 11.2. The molecule has 0 spiro atoms. The van der Waals surface area contributed by atoms with E-state index in [0.29, 0.717) is 11.6 Å². The first-order chi connectivity index (χ1) is 7.63. The quantitative estimate of drug-likeness (QED) is 0.787. The summed E-state index contributed by atoms with van der Waals surface area (Å²) >= 11 is 0. The van der Waals surface area contributed by atoms with Gasteiger partial charge in [0.2, 0.25) is 0 Å². The summed E-state index contributed by atoms with van der Waals surface area (Å²) in [5.41, 5.74) is 7.46. The molecule has 2 unspecified atom stereocenters. The number of hydrogen-bond acceptors (Lipinski definition) is 4. The Labute approximate surface area is 96.1 Å². The van der Waals surface area contributed by atoms with Crippen molar-refractivity contribution in [2.24, 2.45) is 5.92 Å². The zero-order chi connectivity index (χ0) is 11.7. The van der Waals surface area contributed by atoms with E-state index in [4.69, 9.17) is 5.73 Å². The summed E-state index contributed by atoms with van der Waals surface area (Å²) in [4.78, 5) is 6.58. The molecule has 0 saturated carbocycles. The number of anilines is 2. The Morgan fingerprint density at radius 1 is 1.62 bits per heavy atom. The fourth-order valence-electron chi connectivity index (χ4n) is 2.44. The number of aromatic nitrogens is 1. The first-order valence-corrected chi connectivity index (χ1v) is 5.73. The molecule has 4 nitrogen and oxygen atoms in total. The van der Waals surface area contributed by atoms with Gasteiger partial charge < -0.3 is 15.7 Å². The summed E-state index contributed by atoms with van der Waals surface area (Å²) in [6.45, 7) is 5.33. The third-order valence-electron chi connectivity index (χ3n) is 3.41. The molecular formula is C12H19N3O. The fraction of sp³-hybridized carbons (Fsp3) is 0.583. The van der Waals surface area contributed by atoms with Crippen LogP contribution in [-0.2, 0) is 0 Å². The first-order valence-electron chi connectivity index (χ1n) is 5.73. The Morgan fingerprint density at radius 2 is 2.38 bits per heavy atom. The number of aliphatic hydroxyl groups is 1. The van der Waals surface area contributed by atoms with Crippen LogP contribution in [0.15, 0.2) is 12.3 Å². The van der Waals surface area contributed by atoms with Crippen LogP contribution in [0.4, 0.5) is 11.5 Å². The van der Waals surface area contributed by atoms with Gasteiger partial charge in [-0.05, 0) is 30.9 Å². The van der Waals surface area contributed by atoms with Gasteiger partial charge in [-0.25, -0.2) is 4.98 Å². The topological polar surface area (TPSA) is 62.4 Å². The molecule has 0 aromatic carbocycles. The average Bonchev–Trinajstić information content (AvgIpc) is 2.59. The number of nitrogens with zero attached hydrogens (tertiary/aromatic N) is 2. The molecule has 1 aliphatic rings.